The minimum atomic E-state index is -0.952. The summed E-state index contributed by atoms with van der Waals surface area (Å²) in [5, 5.41) is 6.02. The second-order valence-corrected chi connectivity index (χ2v) is 7.93. The minimum absolute atomic E-state index is 0.407. The molecule has 7 heteroatoms. The lowest BCUT2D eigenvalue weighted by Crippen LogP contribution is -2.29. The summed E-state index contributed by atoms with van der Waals surface area (Å²) in [5.74, 6) is -0.964. The first-order chi connectivity index (χ1) is 14.4. The fourth-order valence-electron chi connectivity index (χ4n) is 3.15. The third-order valence-electron chi connectivity index (χ3n) is 5.00. The van der Waals surface area contributed by atoms with Crippen molar-refractivity contribution in [2.24, 2.45) is 0 Å². The van der Waals surface area contributed by atoms with Gasteiger partial charge in [-0.1, -0.05) is 30.3 Å². The summed E-state index contributed by atoms with van der Waals surface area (Å²) < 4.78 is 5.37. The Morgan fingerprint density at radius 3 is 2.67 bits per heavy atom. The predicted molar refractivity (Wildman–Crippen MR) is 119 cm³/mol. The molecule has 0 bridgehead atoms. The van der Waals surface area contributed by atoms with Crippen molar-refractivity contribution in [2.75, 3.05) is 5.32 Å². The van der Waals surface area contributed by atoms with Crippen LogP contribution in [0.5, 0.6) is 0 Å². The molecule has 4 rings (SSSR count). The summed E-state index contributed by atoms with van der Waals surface area (Å²) in [5.41, 5.74) is 5.27. The van der Waals surface area contributed by atoms with Crippen LogP contribution < -0.4 is 5.32 Å². The van der Waals surface area contributed by atoms with Crippen molar-refractivity contribution in [3.05, 3.63) is 70.7 Å². The quantitative estimate of drug-likeness (QED) is 0.441. The van der Waals surface area contributed by atoms with Crippen LogP contribution in [-0.2, 0) is 9.53 Å². The molecule has 2 aromatic carbocycles. The van der Waals surface area contributed by atoms with Gasteiger partial charge >= 0.3 is 5.97 Å². The Labute approximate surface area is 177 Å². The van der Waals surface area contributed by atoms with Crippen LogP contribution in [0.15, 0.2) is 53.9 Å². The molecule has 6 nitrogen and oxygen atoms in total. The van der Waals surface area contributed by atoms with E-state index >= 15 is 0 Å². The first kappa shape index (κ1) is 19.8. The topological polar surface area (TPSA) is 84.1 Å². The zero-order valence-electron chi connectivity index (χ0n) is 16.9. The second kappa shape index (κ2) is 8.12. The molecule has 1 atom stereocenters. The number of aromatic nitrogens is 2. The van der Waals surface area contributed by atoms with Crippen LogP contribution in [0.3, 0.4) is 0 Å². The van der Waals surface area contributed by atoms with E-state index in [1.807, 2.05) is 55.6 Å². The number of fused-ring (bicyclic) bond motifs is 1. The van der Waals surface area contributed by atoms with Gasteiger partial charge in [-0.3, -0.25) is 10.1 Å². The molecule has 4 aromatic rings. The van der Waals surface area contributed by atoms with Crippen molar-refractivity contribution in [3.63, 3.8) is 0 Å². The van der Waals surface area contributed by atoms with Crippen LogP contribution in [0.4, 0.5) is 5.13 Å². The van der Waals surface area contributed by atoms with Crippen molar-refractivity contribution in [2.45, 2.75) is 26.9 Å². The average Bonchev–Trinajstić information content (AvgIpc) is 3.33. The van der Waals surface area contributed by atoms with Crippen LogP contribution in [0.25, 0.3) is 22.2 Å². The Morgan fingerprint density at radius 1 is 1.13 bits per heavy atom. The fourth-order valence-corrected chi connectivity index (χ4v) is 3.87. The number of anilines is 1. The highest BCUT2D eigenvalue weighted by atomic mass is 32.1. The number of hydrogen-bond donors (Lipinski definition) is 2. The predicted octanol–water partition coefficient (Wildman–Crippen LogP) is 5.09. The van der Waals surface area contributed by atoms with E-state index in [9.17, 15) is 9.59 Å². The summed E-state index contributed by atoms with van der Waals surface area (Å²) in [7, 11) is 0. The molecule has 0 saturated carbocycles. The molecule has 0 spiro atoms. The van der Waals surface area contributed by atoms with E-state index in [-0.39, 0.29) is 0 Å². The van der Waals surface area contributed by atoms with Gasteiger partial charge < -0.3 is 9.72 Å². The van der Waals surface area contributed by atoms with E-state index in [1.165, 1.54) is 11.3 Å². The lowest BCUT2D eigenvalue weighted by molar-refractivity contribution is -0.123. The van der Waals surface area contributed by atoms with Crippen molar-refractivity contribution in [3.8, 4) is 11.3 Å². The Kier molecular flexibility index (Phi) is 5.37. The van der Waals surface area contributed by atoms with Crippen LogP contribution in [-0.4, -0.2) is 27.9 Å². The molecule has 2 heterocycles. The molecule has 0 aliphatic heterocycles. The third kappa shape index (κ3) is 3.97. The van der Waals surface area contributed by atoms with Gasteiger partial charge in [-0.2, -0.15) is 0 Å². The molecule has 30 heavy (non-hydrogen) atoms. The molecule has 0 aliphatic rings. The van der Waals surface area contributed by atoms with Crippen molar-refractivity contribution >= 4 is 39.2 Å². The number of nitrogens with zero attached hydrogens (tertiary/aromatic N) is 1. The maximum atomic E-state index is 12.5. The average molecular weight is 420 g/mol. The maximum absolute atomic E-state index is 12.5. The summed E-state index contributed by atoms with van der Waals surface area (Å²) in [6.45, 7) is 5.53. The highest BCUT2D eigenvalue weighted by Gasteiger charge is 2.21. The van der Waals surface area contributed by atoms with Gasteiger partial charge in [-0.05, 0) is 44.5 Å². The summed E-state index contributed by atoms with van der Waals surface area (Å²) in [6, 6.07) is 15.0. The molecule has 0 fully saturated rings. The Morgan fingerprint density at radius 2 is 1.90 bits per heavy atom. The van der Waals surface area contributed by atoms with E-state index in [0.717, 1.165) is 33.4 Å². The number of carbonyl (C=O) groups excluding carboxylic acids is 2. The van der Waals surface area contributed by atoms with Gasteiger partial charge in [-0.25, -0.2) is 9.78 Å². The van der Waals surface area contributed by atoms with Crippen molar-refractivity contribution in [1.29, 1.82) is 0 Å². The van der Waals surface area contributed by atoms with Gasteiger partial charge in [-0.15, -0.1) is 11.3 Å². The van der Waals surface area contributed by atoms with Gasteiger partial charge in [0.25, 0.3) is 5.91 Å². The first-order valence-corrected chi connectivity index (χ1v) is 10.4. The summed E-state index contributed by atoms with van der Waals surface area (Å²) in [4.78, 5) is 32.7. The van der Waals surface area contributed by atoms with E-state index < -0.39 is 18.0 Å². The SMILES string of the molecule is Cc1[nH]c2ccc(C(=O)OC(C)C(=O)Nc3nc(-c4ccccc4)cs3)cc2c1C. The van der Waals surface area contributed by atoms with Crippen LogP contribution >= 0.6 is 11.3 Å². The minimum Gasteiger partial charge on any atom is -0.449 e. The van der Waals surface area contributed by atoms with Crippen LogP contribution in [0, 0.1) is 13.8 Å². The number of aromatic amines is 1. The lowest BCUT2D eigenvalue weighted by Gasteiger charge is -2.12. The highest BCUT2D eigenvalue weighted by Crippen LogP contribution is 2.25. The van der Waals surface area contributed by atoms with E-state index in [1.54, 1.807) is 19.1 Å². The molecule has 0 aliphatic carbocycles. The second-order valence-electron chi connectivity index (χ2n) is 7.08. The summed E-state index contributed by atoms with van der Waals surface area (Å²) in [6.07, 6.45) is -0.952. The van der Waals surface area contributed by atoms with E-state index in [4.69, 9.17) is 4.74 Å². The summed E-state index contributed by atoms with van der Waals surface area (Å²) >= 11 is 1.32. The van der Waals surface area contributed by atoms with Gasteiger partial charge in [0.15, 0.2) is 11.2 Å². The number of esters is 1. The fraction of sp³-hybridized carbons (Fsp3) is 0.174. The van der Waals surface area contributed by atoms with Crippen LogP contribution in [0.1, 0.15) is 28.5 Å². The van der Waals surface area contributed by atoms with Crippen molar-refractivity contribution < 1.29 is 14.3 Å². The molecule has 2 aromatic heterocycles. The number of rotatable bonds is 5. The maximum Gasteiger partial charge on any atom is 0.338 e. The molecule has 152 valence electrons. The standard InChI is InChI=1S/C23H21N3O3S/c1-13-14(2)24-19-10-9-17(11-18(13)19)22(28)29-15(3)21(27)26-23-25-20(12-30-23)16-7-5-4-6-8-16/h4-12,15,24H,1-3H3,(H,25,26,27). The molecule has 0 saturated heterocycles. The number of thiazole rings is 1. The molecular formula is C23H21N3O3S. The Hall–Kier alpha value is -3.45. The largest absolute Gasteiger partial charge is 0.449 e. The number of aryl methyl sites for hydroxylation is 2. The Bertz CT molecular complexity index is 1230. The number of H-pyrrole nitrogens is 1. The zero-order chi connectivity index (χ0) is 21.3. The first-order valence-electron chi connectivity index (χ1n) is 9.54. The lowest BCUT2D eigenvalue weighted by atomic mass is 10.1. The van der Waals surface area contributed by atoms with Crippen LogP contribution in [0.2, 0.25) is 0 Å². The monoisotopic (exact) mass is 419 g/mol. The van der Waals surface area contributed by atoms with Gasteiger partial charge in [0.05, 0.1) is 11.3 Å². The van der Waals surface area contributed by atoms with Crippen molar-refractivity contribution in [1.82, 2.24) is 9.97 Å². The third-order valence-corrected chi connectivity index (χ3v) is 5.76. The van der Waals surface area contributed by atoms with Gasteiger partial charge in [0.2, 0.25) is 0 Å². The number of nitrogens with one attached hydrogen (secondary N) is 2. The molecule has 2 N–H and O–H groups in total. The molecule has 0 radical (unpaired) electrons. The van der Waals surface area contributed by atoms with Gasteiger partial charge in [0.1, 0.15) is 0 Å². The number of amides is 1. The molecular weight excluding hydrogens is 398 g/mol. The smallest absolute Gasteiger partial charge is 0.338 e. The normalized spacial score (nSPS) is 12.0. The van der Waals surface area contributed by atoms with E-state index in [2.05, 4.69) is 15.3 Å². The number of carbonyl (C=O) groups is 2. The molecule has 1 unspecified atom stereocenters. The number of hydrogen-bond acceptors (Lipinski definition) is 5. The zero-order valence-corrected chi connectivity index (χ0v) is 17.7. The molecule has 1 amide bonds. The number of benzene rings is 2. The number of ether oxygens (including phenoxy) is 1. The Balaban J connectivity index is 1.41. The van der Waals surface area contributed by atoms with Gasteiger partial charge in [0, 0.05) is 27.5 Å². The highest BCUT2D eigenvalue weighted by molar-refractivity contribution is 7.14. The van der Waals surface area contributed by atoms with E-state index in [0.29, 0.717) is 10.7 Å².